The molecular weight excluding hydrogens is 295 g/mol. The molecular formula is C12H13BrF3N. The van der Waals surface area contributed by atoms with Gasteiger partial charge < -0.3 is 4.90 Å². The van der Waals surface area contributed by atoms with E-state index in [9.17, 15) is 13.2 Å². The highest BCUT2D eigenvalue weighted by molar-refractivity contribution is 9.10. The third-order valence-corrected chi connectivity index (χ3v) is 3.48. The van der Waals surface area contributed by atoms with Gasteiger partial charge in [0.05, 0.1) is 6.42 Å². The molecule has 0 aromatic heterocycles. The molecule has 0 amide bonds. The molecule has 1 aromatic rings. The highest BCUT2D eigenvalue weighted by Gasteiger charge is 2.36. The molecule has 94 valence electrons. The van der Waals surface area contributed by atoms with Crippen LogP contribution in [-0.4, -0.2) is 18.8 Å². The summed E-state index contributed by atoms with van der Waals surface area (Å²) in [7, 11) is 0. The number of hydrogen-bond donors (Lipinski definition) is 0. The van der Waals surface area contributed by atoms with Crippen molar-refractivity contribution >= 4 is 21.6 Å². The molecule has 5 heteroatoms. The Kier molecular flexibility index (Phi) is 3.66. The molecule has 17 heavy (non-hydrogen) atoms. The van der Waals surface area contributed by atoms with Crippen LogP contribution < -0.4 is 4.90 Å². The van der Waals surface area contributed by atoms with Gasteiger partial charge in [0.15, 0.2) is 0 Å². The first-order valence-electron chi connectivity index (χ1n) is 5.55. The van der Waals surface area contributed by atoms with Crippen LogP contribution in [0.1, 0.15) is 19.3 Å². The molecule has 1 heterocycles. The predicted octanol–water partition coefficient (Wildman–Crippen LogP) is 4.37. The number of benzene rings is 1. The average molecular weight is 308 g/mol. The Morgan fingerprint density at radius 2 is 2.12 bits per heavy atom. The maximum Gasteiger partial charge on any atom is 0.391 e. The second kappa shape index (κ2) is 4.88. The Hall–Kier alpha value is -0.710. The molecule has 0 saturated carbocycles. The van der Waals surface area contributed by atoms with E-state index in [4.69, 9.17) is 0 Å². The normalized spacial score (nSPS) is 20.9. The van der Waals surface area contributed by atoms with Crippen LogP contribution in [0.3, 0.4) is 0 Å². The third-order valence-electron chi connectivity index (χ3n) is 2.98. The van der Waals surface area contributed by atoms with Crippen LogP contribution in [0.15, 0.2) is 28.7 Å². The zero-order chi connectivity index (χ0) is 12.5. The Balaban J connectivity index is 2.14. The first kappa shape index (κ1) is 12.7. The molecule has 0 bridgehead atoms. The predicted molar refractivity (Wildman–Crippen MR) is 65.2 cm³/mol. The SMILES string of the molecule is FC(F)(F)C[C@H]1CCCN1c1cccc(Br)c1. The molecule has 1 atom stereocenters. The summed E-state index contributed by atoms with van der Waals surface area (Å²) in [6.45, 7) is 0.706. The van der Waals surface area contributed by atoms with E-state index in [0.29, 0.717) is 13.0 Å². The van der Waals surface area contributed by atoms with E-state index in [1.807, 2.05) is 29.2 Å². The molecule has 0 unspecified atom stereocenters. The Labute approximate surface area is 107 Å². The van der Waals surface area contributed by atoms with Crippen LogP contribution in [-0.2, 0) is 0 Å². The van der Waals surface area contributed by atoms with Gasteiger partial charge in [-0.2, -0.15) is 13.2 Å². The van der Waals surface area contributed by atoms with Gasteiger partial charge in [-0.1, -0.05) is 22.0 Å². The summed E-state index contributed by atoms with van der Waals surface area (Å²) in [5, 5.41) is 0. The summed E-state index contributed by atoms with van der Waals surface area (Å²) >= 11 is 3.34. The van der Waals surface area contributed by atoms with Crippen molar-refractivity contribution in [2.24, 2.45) is 0 Å². The van der Waals surface area contributed by atoms with Crippen LogP contribution >= 0.6 is 15.9 Å². The minimum absolute atomic E-state index is 0.413. The van der Waals surface area contributed by atoms with Crippen molar-refractivity contribution in [2.75, 3.05) is 11.4 Å². The molecule has 1 aromatic carbocycles. The summed E-state index contributed by atoms with van der Waals surface area (Å²) in [5.74, 6) is 0. The van der Waals surface area contributed by atoms with Crippen LogP contribution in [0.5, 0.6) is 0 Å². The number of hydrogen-bond acceptors (Lipinski definition) is 1. The fraction of sp³-hybridized carbons (Fsp3) is 0.500. The second-order valence-electron chi connectivity index (χ2n) is 4.29. The summed E-state index contributed by atoms with van der Waals surface area (Å²) in [6.07, 6.45) is -3.36. The lowest BCUT2D eigenvalue weighted by Crippen LogP contribution is -2.33. The Bertz CT molecular complexity index is 392. The van der Waals surface area contributed by atoms with Gasteiger partial charge in [-0.05, 0) is 31.0 Å². The van der Waals surface area contributed by atoms with Gasteiger partial charge in [0.2, 0.25) is 0 Å². The molecule has 0 radical (unpaired) electrons. The Morgan fingerprint density at radius 3 is 2.76 bits per heavy atom. The summed E-state index contributed by atoms with van der Waals surface area (Å²) in [4.78, 5) is 1.86. The van der Waals surface area contributed by atoms with Crippen molar-refractivity contribution in [3.8, 4) is 0 Å². The van der Waals surface area contributed by atoms with Crippen LogP contribution in [0.2, 0.25) is 0 Å². The topological polar surface area (TPSA) is 3.24 Å². The van der Waals surface area contributed by atoms with Crippen molar-refractivity contribution < 1.29 is 13.2 Å². The maximum atomic E-state index is 12.4. The van der Waals surface area contributed by atoms with E-state index < -0.39 is 18.6 Å². The Morgan fingerprint density at radius 1 is 1.35 bits per heavy atom. The zero-order valence-electron chi connectivity index (χ0n) is 9.17. The lowest BCUT2D eigenvalue weighted by Gasteiger charge is -2.27. The minimum atomic E-state index is -4.08. The quantitative estimate of drug-likeness (QED) is 0.784. The van der Waals surface area contributed by atoms with Crippen molar-refractivity contribution in [2.45, 2.75) is 31.5 Å². The number of halogens is 4. The van der Waals surface area contributed by atoms with Crippen LogP contribution in [0.4, 0.5) is 18.9 Å². The summed E-state index contributed by atoms with van der Waals surface area (Å²) in [5.41, 5.74) is 0.867. The van der Waals surface area contributed by atoms with E-state index in [1.54, 1.807) is 0 Å². The number of nitrogens with zero attached hydrogens (tertiary/aromatic N) is 1. The first-order chi connectivity index (χ1) is 7.96. The molecule has 1 fully saturated rings. The highest BCUT2D eigenvalue weighted by atomic mass is 79.9. The van der Waals surface area contributed by atoms with E-state index in [-0.39, 0.29) is 0 Å². The largest absolute Gasteiger partial charge is 0.391 e. The van der Waals surface area contributed by atoms with Crippen molar-refractivity contribution in [1.82, 2.24) is 0 Å². The maximum absolute atomic E-state index is 12.4. The van der Waals surface area contributed by atoms with Crippen molar-refractivity contribution in [3.63, 3.8) is 0 Å². The van der Waals surface area contributed by atoms with Crippen LogP contribution in [0.25, 0.3) is 0 Å². The number of alkyl halides is 3. The van der Waals surface area contributed by atoms with E-state index in [2.05, 4.69) is 15.9 Å². The van der Waals surface area contributed by atoms with Crippen LogP contribution in [0, 0.1) is 0 Å². The monoisotopic (exact) mass is 307 g/mol. The third kappa shape index (κ3) is 3.37. The van der Waals surface area contributed by atoms with E-state index in [0.717, 1.165) is 16.6 Å². The lowest BCUT2D eigenvalue weighted by molar-refractivity contribution is -0.137. The molecule has 0 aliphatic carbocycles. The molecule has 1 aliphatic heterocycles. The number of rotatable bonds is 2. The number of anilines is 1. The standard InChI is InChI=1S/C12H13BrF3N/c13-9-3-1-4-10(7-9)17-6-2-5-11(17)8-12(14,15)16/h1,3-4,7,11H,2,5-6,8H2/t11-/m1/s1. The van der Waals surface area contributed by atoms with Crippen molar-refractivity contribution in [3.05, 3.63) is 28.7 Å². The van der Waals surface area contributed by atoms with Gasteiger partial charge in [-0.3, -0.25) is 0 Å². The second-order valence-corrected chi connectivity index (χ2v) is 5.20. The fourth-order valence-corrected chi connectivity index (χ4v) is 2.70. The van der Waals surface area contributed by atoms with E-state index in [1.165, 1.54) is 0 Å². The highest BCUT2D eigenvalue weighted by Crippen LogP contribution is 2.33. The van der Waals surface area contributed by atoms with Gasteiger partial charge in [-0.25, -0.2) is 0 Å². The minimum Gasteiger partial charge on any atom is -0.368 e. The lowest BCUT2D eigenvalue weighted by atomic mass is 10.1. The molecule has 0 N–H and O–H groups in total. The molecule has 1 saturated heterocycles. The van der Waals surface area contributed by atoms with Gasteiger partial charge in [0.25, 0.3) is 0 Å². The average Bonchev–Trinajstić information content (AvgIpc) is 2.63. The molecule has 1 aliphatic rings. The molecule has 0 spiro atoms. The fourth-order valence-electron chi connectivity index (χ4n) is 2.31. The molecule has 1 nitrogen and oxygen atoms in total. The summed E-state index contributed by atoms with van der Waals surface area (Å²) in [6, 6.07) is 7.04. The van der Waals surface area contributed by atoms with Gasteiger partial charge in [0.1, 0.15) is 0 Å². The van der Waals surface area contributed by atoms with Crippen molar-refractivity contribution in [1.29, 1.82) is 0 Å². The smallest absolute Gasteiger partial charge is 0.368 e. The van der Waals surface area contributed by atoms with Gasteiger partial charge >= 0.3 is 6.18 Å². The molecule has 2 rings (SSSR count). The first-order valence-corrected chi connectivity index (χ1v) is 6.34. The van der Waals surface area contributed by atoms with E-state index >= 15 is 0 Å². The summed E-state index contributed by atoms with van der Waals surface area (Å²) < 4.78 is 38.2. The van der Waals surface area contributed by atoms with Gasteiger partial charge in [0, 0.05) is 22.7 Å². The van der Waals surface area contributed by atoms with Gasteiger partial charge in [-0.15, -0.1) is 0 Å². The zero-order valence-corrected chi connectivity index (χ0v) is 10.8.